The van der Waals surface area contributed by atoms with Gasteiger partial charge in [-0.1, -0.05) is 51.5 Å². The van der Waals surface area contributed by atoms with Crippen LogP contribution in [0.4, 0.5) is 0 Å². The second-order valence-corrected chi connectivity index (χ2v) is 7.12. The average molecular weight is 257 g/mol. The molecule has 1 heteroatoms. The van der Waals surface area contributed by atoms with Gasteiger partial charge in [0, 0.05) is 12.1 Å². The fourth-order valence-electron chi connectivity index (χ4n) is 3.79. The van der Waals surface area contributed by atoms with Gasteiger partial charge in [0.25, 0.3) is 0 Å². The van der Waals surface area contributed by atoms with Gasteiger partial charge in [-0.05, 0) is 48.1 Å². The van der Waals surface area contributed by atoms with Crippen molar-refractivity contribution in [2.45, 2.75) is 70.4 Å². The predicted molar refractivity (Wildman–Crippen MR) is 81.4 cm³/mol. The number of fused-ring (bicyclic) bond motifs is 1. The summed E-state index contributed by atoms with van der Waals surface area (Å²) in [5.74, 6) is 0.951. The van der Waals surface area contributed by atoms with Gasteiger partial charge >= 0.3 is 0 Å². The normalized spacial score (nSPS) is 31.8. The van der Waals surface area contributed by atoms with Crippen molar-refractivity contribution < 1.29 is 0 Å². The zero-order chi connectivity index (χ0) is 13.5. The zero-order valence-corrected chi connectivity index (χ0v) is 12.6. The molecule has 0 heterocycles. The van der Waals surface area contributed by atoms with Crippen molar-refractivity contribution in [3.63, 3.8) is 0 Å². The van der Waals surface area contributed by atoms with Gasteiger partial charge in [-0.15, -0.1) is 0 Å². The van der Waals surface area contributed by atoms with E-state index in [1.165, 1.54) is 32.1 Å². The summed E-state index contributed by atoms with van der Waals surface area (Å²) in [4.78, 5) is 0. The summed E-state index contributed by atoms with van der Waals surface area (Å²) >= 11 is 0. The molecule has 1 saturated carbocycles. The zero-order valence-electron chi connectivity index (χ0n) is 12.6. The van der Waals surface area contributed by atoms with E-state index in [-0.39, 0.29) is 0 Å². The summed E-state index contributed by atoms with van der Waals surface area (Å²) < 4.78 is 0. The maximum absolute atomic E-state index is 3.92. The predicted octanol–water partition coefficient (Wildman–Crippen LogP) is 4.58. The van der Waals surface area contributed by atoms with Crippen LogP contribution in [0.2, 0.25) is 0 Å². The maximum atomic E-state index is 3.92. The Morgan fingerprint density at radius 2 is 2.05 bits per heavy atom. The Balaban J connectivity index is 1.74. The van der Waals surface area contributed by atoms with E-state index in [0.29, 0.717) is 11.5 Å². The first-order valence-electron chi connectivity index (χ1n) is 7.97. The molecule has 0 saturated heterocycles. The van der Waals surface area contributed by atoms with Crippen LogP contribution >= 0.6 is 0 Å². The Kier molecular flexibility index (Phi) is 3.42. The molecule has 1 nitrogen and oxygen atoms in total. The Morgan fingerprint density at radius 3 is 2.84 bits per heavy atom. The quantitative estimate of drug-likeness (QED) is 0.832. The van der Waals surface area contributed by atoms with Crippen molar-refractivity contribution >= 4 is 0 Å². The van der Waals surface area contributed by atoms with E-state index < -0.39 is 0 Å². The van der Waals surface area contributed by atoms with E-state index in [2.05, 4.69) is 50.4 Å². The van der Waals surface area contributed by atoms with Crippen LogP contribution in [0.25, 0.3) is 0 Å². The van der Waals surface area contributed by atoms with E-state index in [9.17, 15) is 0 Å². The van der Waals surface area contributed by atoms with Gasteiger partial charge in [0.2, 0.25) is 0 Å². The maximum Gasteiger partial charge on any atom is 0.0326 e. The molecule has 1 aromatic carbocycles. The van der Waals surface area contributed by atoms with Crippen molar-refractivity contribution in [2.24, 2.45) is 5.92 Å². The van der Waals surface area contributed by atoms with Crippen LogP contribution in [0.5, 0.6) is 0 Å². The smallest absolute Gasteiger partial charge is 0.0326 e. The summed E-state index contributed by atoms with van der Waals surface area (Å²) in [5.41, 5.74) is 3.47. The van der Waals surface area contributed by atoms with E-state index in [4.69, 9.17) is 0 Å². The molecule has 0 aromatic heterocycles. The molecule has 1 aromatic rings. The number of benzene rings is 1. The first-order valence-corrected chi connectivity index (χ1v) is 7.97. The summed E-state index contributed by atoms with van der Waals surface area (Å²) in [6, 6.07) is 10.5. The molecule has 1 fully saturated rings. The van der Waals surface area contributed by atoms with Crippen LogP contribution in [0.1, 0.15) is 70.0 Å². The fraction of sp³-hybridized carbons (Fsp3) is 0.667. The number of rotatable bonds is 4. The molecule has 3 atom stereocenters. The lowest BCUT2D eigenvalue weighted by Crippen LogP contribution is -2.34. The molecule has 0 spiro atoms. The molecule has 2 aliphatic rings. The van der Waals surface area contributed by atoms with Gasteiger partial charge in [-0.2, -0.15) is 0 Å². The highest BCUT2D eigenvalue weighted by Gasteiger charge is 2.40. The topological polar surface area (TPSA) is 12.0 Å². The Bertz CT molecular complexity index is 449. The van der Waals surface area contributed by atoms with Crippen LogP contribution in [0.3, 0.4) is 0 Å². The minimum atomic E-state index is 0.348. The molecular weight excluding hydrogens is 230 g/mol. The Labute approximate surface area is 117 Å². The SMILES string of the molecule is CCCC1CC1NC1CCC(C)(C)c2ccccc21. The van der Waals surface area contributed by atoms with Gasteiger partial charge in [0.1, 0.15) is 0 Å². The molecule has 0 bridgehead atoms. The lowest BCUT2D eigenvalue weighted by atomic mass is 9.71. The van der Waals surface area contributed by atoms with Crippen LogP contribution in [-0.2, 0) is 5.41 Å². The molecule has 19 heavy (non-hydrogen) atoms. The largest absolute Gasteiger partial charge is 0.307 e. The molecule has 3 unspecified atom stereocenters. The van der Waals surface area contributed by atoms with Crippen molar-refractivity contribution in [3.8, 4) is 0 Å². The highest BCUT2D eigenvalue weighted by molar-refractivity contribution is 5.38. The van der Waals surface area contributed by atoms with Gasteiger partial charge in [0.15, 0.2) is 0 Å². The van der Waals surface area contributed by atoms with Crippen molar-refractivity contribution in [2.75, 3.05) is 0 Å². The molecule has 1 N–H and O–H groups in total. The van der Waals surface area contributed by atoms with Gasteiger partial charge in [0.05, 0.1) is 0 Å². The molecule has 104 valence electrons. The summed E-state index contributed by atoms with van der Waals surface area (Å²) in [6.45, 7) is 7.08. The minimum Gasteiger partial charge on any atom is -0.307 e. The van der Waals surface area contributed by atoms with Crippen LogP contribution in [-0.4, -0.2) is 6.04 Å². The Hall–Kier alpha value is -0.820. The van der Waals surface area contributed by atoms with Crippen molar-refractivity contribution in [1.82, 2.24) is 5.32 Å². The molecule has 2 aliphatic carbocycles. The second kappa shape index (κ2) is 4.94. The number of nitrogens with one attached hydrogen (secondary N) is 1. The summed E-state index contributed by atoms with van der Waals surface area (Å²) in [5, 5.41) is 3.92. The van der Waals surface area contributed by atoms with Crippen LogP contribution in [0, 0.1) is 5.92 Å². The summed E-state index contributed by atoms with van der Waals surface area (Å²) in [6.07, 6.45) is 6.72. The van der Waals surface area contributed by atoms with Crippen molar-refractivity contribution in [3.05, 3.63) is 35.4 Å². The van der Waals surface area contributed by atoms with Gasteiger partial charge in [-0.3, -0.25) is 0 Å². The second-order valence-electron chi connectivity index (χ2n) is 7.12. The monoisotopic (exact) mass is 257 g/mol. The van der Waals surface area contributed by atoms with Gasteiger partial charge < -0.3 is 5.32 Å². The third-order valence-electron chi connectivity index (χ3n) is 5.12. The fourth-order valence-corrected chi connectivity index (χ4v) is 3.79. The average Bonchev–Trinajstić information content (AvgIpc) is 3.12. The first-order chi connectivity index (χ1) is 9.12. The highest BCUT2D eigenvalue weighted by atomic mass is 15.0. The third kappa shape index (κ3) is 2.58. The highest BCUT2D eigenvalue weighted by Crippen LogP contribution is 2.44. The van der Waals surface area contributed by atoms with E-state index in [0.717, 1.165) is 12.0 Å². The van der Waals surface area contributed by atoms with Gasteiger partial charge in [-0.25, -0.2) is 0 Å². The van der Waals surface area contributed by atoms with Crippen LogP contribution in [0.15, 0.2) is 24.3 Å². The molecule has 0 amide bonds. The lowest BCUT2D eigenvalue weighted by molar-refractivity contribution is 0.352. The molecule has 0 aliphatic heterocycles. The lowest BCUT2D eigenvalue weighted by Gasteiger charge is -2.37. The standard InChI is InChI=1S/C18H27N/c1-4-7-13-12-17(13)19-16-10-11-18(2,3)15-9-6-5-8-14(15)16/h5-6,8-9,13,16-17,19H,4,7,10-12H2,1-3H3. The molecule has 0 radical (unpaired) electrons. The first kappa shape index (κ1) is 13.2. The number of hydrogen-bond donors (Lipinski definition) is 1. The molecule has 3 rings (SSSR count). The molecular formula is C18H27N. The van der Waals surface area contributed by atoms with Crippen molar-refractivity contribution in [1.29, 1.82) is 0 Å². The van der Waals surface area contributed by atoms with E-state index in [1.54, 1.807) is 11.1 Å². The number of hydrogen-bond acceptors (Lipinski definition) is 1. The Morgan fingerprint density at radius 1 is 1.26 bits per heavy atom. The van der Waals surface area contributed by atoms with Crippen LogP contribution < -0.4 is 5.32 Å². The van der Waals surface area contributed by atoms with E-state index >= 15 is 0 Å². The van der Waals surface area contributed by atoms with E-state index in [1.807, 2.05) is 0 Å². The minimum absolute atomic E-state index is 0.348. The summed E-state index contributed by atoms with van der Waals surface area (Å²) in [7, 11) is 0. The third-order valence-corrected chi connectivity index (χ3v) is 5.12.